The molecular weight excluding hydrogens is 228 g/mol. The standard InChI is InChI=1S/C14H26N2O2/c15-11-7-5-4-6-10(11)14(18)16-12-8-2-1-3-9-13(12)17/h10-13,17H,1-9,15H2,(H,16,18). The molecule has 4 heteroatoms. The van der Waals surface area contributed by atoms with E-state index < -0.39 is 0 Å². The summed E-state index contributed by atoms with van der Waals surface area (Å²) in [6, 6.07) is -0.0594. The van der Waals surface area contributed by atoms with Crippen molar-refractivity contribution in [2.75, 3.05) is 0 Å². The highest BCUT2D eigenvalue weighted by molar-refractivity contribution is 5.79. The molecule has 2 aliphatic carbocycles. The van der Waals surface area contributed by atoms with E-state index in [1.165, 1.54) is 0 Å². The molecule has 4 N–H and O–H groups in total. The van der Waals surface area contributed by atoms with Crippen molar-refractivity contribution in [1.29, 1.82) is 0 Å². The number of nitrogens with two attached hydrogens (primary N) is 1. The predicted molar refractivity (Wildman–Crippen MR) is 71.0 cm³/mol. The van der Waals surface area contributed by atoms with Crippen LogP contribution in [-0.4, -0.2) is 29.2 Å². The first-order valence-corrected chi connectivity index (χ1v) is 7.42. The fourth-order valence-corrected chi connectivity index (χ4v) is 3.23. The topological polar surface area (TPSA) is 75.4 Å². The Labute approximate surface area is 109 Å². The highest BCUT2D eigenvalue weighted by Gasteiger charge is 2.31. The Morgan fingerprint density at radius 2 is 1.67 bits per heavy atom. The second-order valence-corrected chi connectivity index (χ2v) is 5.88. The van der Waals surface area contributed by atoms with Crippen molar-refractivity contribution in [3.05, 3.63) is 0 Å². The third-order valence-electron chi connectivity index (χ3n) is 4.46. The van der Waals surface area contributed by atoms with Crippen LogP contribution in [0.4, 0.5) is 0 Å². The maximum Gasteiger partial charge on any atom is 0.224 e. The normalized spacial score (nSPS) is 37.9. The number of amides is 1. The average molecular weight is 254 g/mol. The van der Waals surface area contributed by atoms with Gasteiger partial charge in [0, 0.05) is 6.04 Å². The van der Waals surface area contributed by atoms with Crippen molar-refractivity contribution in [3.8, 4) is 0 Å². The van der Waals surface area contributed by atoms with Gasteiger partial charge in [0.25, 0.3) is 0 Å². The van der Waals surface area contributed by atoms with Crippen LogP contribution >= 0.6 is 0 Å². The zero-order valence-electron chi connectivity index (χ0n) is 11.1. The maximum absolute atomic E-state index is 12.2. The van der Waals surface area contributed by atoms with Gasteiger partial charge in [0.1, 0.15) is 0 Å². The number of rotatable bonds is 2. The third kappa shape index (κ3) is 3.45. The molecule has 1 amide bonds. The van der Waals surface area contributed by atoms with E-state index in [9.17, 15) is 9.90 Å². The van der Waals surface area contributed by atoms with Gasteiger partial charge in [-0.1, -0.05) is 32.1 Å². The zero-order valence-corrected chi connectivity index (χ0v) is 11.1. The van der Waals surface area contributed by atoms with Crippen LogP contribution in [0.15, 0.2) is 0 Å². The van der Waals surface area contributed by atoms with Crippen molar-refractivity contribution in [3.63, 3.8) is 0 Å². The molecule has 0 radical (unpaired) electrons. The molecule has 2 aliphatic rings. The molecule has 0 aliphatic heterocycles. The molecule has 4 nitrogen and oxygen atoms in total. The zero-order chi connectivity index (χ0) is 13.0. The minimum Gasteiger partial charge on any atom is -0.391 e. The van der Waals surface area contributed by atoms with Gasteiger partial charge in [-0.3, -0.25) is 4.79 Å². The number of carbonyl (C=O) groups excluding carboxylic acids is 1. The summed E-state index contributed by atoms with van der Waals surface area (Å²) < 4.78 is 0. The minimum atomic E-state index is -0.378. The Morgan fingerprint density at radius 1 is 1.00 bits per heavy atom. The first-order chi connectivity index (χ1) is 8.68. The number of hydrogen-bond acceptors (Lipinski definition) is 3. The van der Waals surface area contributed by atoms with Crippen LogP contribution in [0, 0.1) is 5.92 Å². The van der Waals surface area contributed by atoms with Crippen LogP contribution < -0.4 is 11.1 Å². The summed E-state index contributed by atoms with van der Waals surface area (Å²) >= 11 is 0. The molecule has 4 unspecified atom stereocenters. The van der Waals surface area contributed by atoms with Gasteiger partial charge in [-0.2, -0.15) is 0 Å². The lowest BCUT2D eigenvalue weighted by atomic mass is 9.84. The smallest absolute Gasteiger partial charge is 0.224 e. The fourth-order valence-electron chi connectivity index (χ4n) is 3.23. The first kappa shape index (κ1) is 13.8. The Morgan fingerprint density at radius 3 is 2.44 bits per heavy atom. The summed E-state index contributed by atoms with van der Waals surface area (Å²) in [5.74, 6) is 0.0161. The Hall–Kier alpha value is -0.610. The van der Waals surface area contributed by atoms with Gasteiger partial charge in [-0.25, -0.2) is 0 Å². The molecule has 2 fully saturated rings. The second kappa shape index (κ2) is 6.53. The van der Waals surface area contributed by atoms with Gasteiger partial charge in [0.15, 0.2) is 0 Å². The van der Waals surface area contributed by atoms with Crippen molar-refractivity contribution in [1.82, 2.24) is 5.32 Å². The van der Waals surface area contributed by atoms with Gasteiger partial charge in [0.2, 0.25) is 5.91 Å². The van der Waals surface area contributed by atoms with E-state index in [4.69, 9.17) is 5.73 Å². The molecule has 0 spiro atoms. The van der Waals surface area contributed by atoms with Crippen LogP contribution in [-0.2, 0) is 4.79 Å². The van der Waals surface area contributed by atoms with E-state index in [0.717, 1.165) is 57.8 Å². The van der Waals surface area contributed by atoms with Crippen LogP contribution in [0.25, 0.3) is 0 Å². The van der Waals surface area contributed by atoms with E-state index >= 15 is 0 Å². The number of carbonyl (C=O) groups is 1. The van der Waals surface area contributed by atoms with Crippen molar-refractivity contribution < 1.29 is 9.90 Å². The number of nitrogens with one attached hydrogen (secondary N) is 1. The second-order valence-electron chi connectivity index (χ2n) is 5.88. The lowest BCUT2D eigenvalue weighted by Crippen LogP contribution is -2.50. The van der Waals surface area contributed by atoms with E-state index in [-0.39, 0.29) is 30.0 Å². The summed E-state index contributed by atoms with van der Waals surface area (Å²) in [5, 5.41) is 13.1. The molecule has 0 saturated heterocycles. The lowest BCUT2D eigenvalue weighted by Gasteiger charge is -2.30. The molecule has 104 valence electrons. The quantitative estimate of drug-likeness (QED) is 0.650. The lowest BCUT2D eigenvalue weighted by molar-refractivity contribution is -0.128. The maximum atomic E-state index is 12.2. The van der Waals surface area contributed by atoms with Gasteiger partial charge >= 0.3 is 0 Å². The van der Waals surface area contributed by atoms with Gasteiger partial charge in [0.05, 0.1) is 18.1 Å². The van der Waals surface area contributed by atoms with Crippen LogP contribution in [0.2, 0.25) is 0 Å². The molecule has 2 rings (SSSR count). The van der Waals surface area contributed by atoms with Crippen molar-refractivity contribution in [2.24, 2.45) is 11.7 Å². The molecule has 2 saturated carbocycles. The molecule has 0 aromatic heterocycles. The SMILES string of the molecule is NC1CCCCC1C(=O)NC1CCCCCC1O. The molecule has 0 bridgehead atoms. The fraction of sp³-hybridized carbons (Fsp3) is 0.929. The number of aliphatic hydroxyl groups excluding tert-OH is 1. The molecule has 18 heavy (non-hydrogen) atoms. The minimum absolute atomic E-state index is 0.00155. The monoisotopic (exact) mass is 254 g/mol. The Balaban J connectivity index is 1.88. The van der Waals surface area contributed by atoms with E-state index in [1.54, 1.807) is 0 Å². The van der Waals surface area contributed by atoms with E-state index in [1.807, 2.05) is 0 Å². The highest BCUT2D eigenvalue weighted by Crippen LogP contribution is 2.24. The summed E-state index contributed by atoms with van der Waals surface area (Å²) in [6.45, 7) is 0. The first-order valence-electron chi connectivity index (χ1n) is 7.42. The number of hydrogen-bond donors (Lipinski definition) is 3. The van der Waals surface area contributed by atoms with Crippen molar-refractivity contribution >= 4 is 5.91 Å². The van der Waals surface area contributed by atoms with Gasteiger partial charge in [-0.15, -0.1) is 0 Å². The van der Waals surface area contributed by atoms with Gasteiger partial charge in [-0.05, 0) is 25.7 Å². The largest absolute Gasteiger partial charge is 0.391 e. The van der Waals surface area contributed by atoms with Crippen LogP contribution in [0.5, 0.6) is 0 Å². The molecular formula is C14H26N2O2. The number of aliphatic hydroxyl groups is 1. The Kier molecular flexibility index (Phi) is 5.01. The molecule has 0 heterocycles. The molecule has 0 aromatic carbocycles. The van der Waals surface area contributed by atoms with E-state index in [0.29, 0.717) is 0 Å². The van der Waals surface area contributed by atoms with Crippen LogP contribution in [0.3, 0.4) is 0 Å². The summed E-state index contributed by atoms with van der Waals surface area (Å²) in [7, 11) is 0. The predicted octanol–water partition coefficient (Wildman–Crippen LogP) is 1.31. The van der Waals surface area contributed by atoms with Gasteiger partial charge < -0.3 is 16.2 Å². The summed E-state index contributed by atoms with van der Waals surface area (Å²) in [5.41, 5.74) is 6.03. The Bertz CT molecular complexity index is 283. The average Bonchev–Trinajstić information content (AvgIpc) is 2.55. The van der Waals surface area contributed by atoms with Crippen molar-refractivity contribution in [2.45, 2.75) is 76.0 Å². The molecule has 4 atom stereocenters. The van der Waals surface area contributed by atoms with Crippen LogP contribution in [0.1, 0.15) is 57.8 Å². The third-order valence-corrected chi connectivity index (χ3v) is 4.46. The highest BCUT2D eigenvalue weighted by atomic mass is 16.3. The molecule has 0 aromatic rings. The summed E-state index contributed by atoms with van der Waals surface area (Å²) in [4.78, 5) is 12.2. The van der Waals surface area contributed by atoms with E-state index in [2.05, 4.69) is 5.32 Å². The summed E-state index contributed by atoms with van der Waals surface area (Å²) in [6.07, 6.45) is 8.73.